The maximum absolute atomic E-state index is 15.3. The SMILES string of the molecule is Cc1ccnc(Oc2ccc(-n3c(-c4ccc(N)c5c4OCC5)c(C)c4ncnc(N)c43)cc2F)n1. The molecule has 3 aromatic heterocycles. The summed E-state index contributed by atoms with van der Waals surface area (Å²) in [5.41, 5.74) is 19.1. The normalized spacial score (nSPS) is 12.5. The van der Waals surface area contributed by atoms with Crippen LogP contribution in [0.3, 0.4) is 0 Å². The van der Waals surface area contributed by atoms with Crippen molar-refractivity contribution < 1.29 is 13.9 Å². The minimum atomic E-state index is -0.586. The van der Waals surface area contributed by atoms with Gasteiger partial charge in [-0.05, 0) is 44.2 Å². The van der Waals surface area contributed by atoms with E-state index in [4.69, 9.17) is 20.9 Å². The van der Waals surface area contributed by atoms with Gasteiger partial charge in [-0.1, -0.05) is 0 Å². The van der Waals surface area contributed by atoms with Crippen molar-refractivity contribution in [2.45, 2.75) is 20.3 Å². The van der Waals surface area contributed by atoms with Crippen LogP contribution in [0.1, 0.15) is 16.8 Å². The van der Waals surface area contributed by atoms with Crippen molar-refractivity contribution in [1.82, 2.24) is 24.5 Å². The van der Waals surface area contributed by atoms with Crippen LogP contribution in [0.15, 0.2) is 48.9 Å². The van der Waals surface area contributed by atoms with Crippen LogP contribution in [0.25, 0.3) is 28.0 Å². The van der Waals surface area contributed by atoms with Gasteiger partial charge in [0.1, 0.15) is 17.6 Å². The molecule has 4 N–H and O–H groups in total. The first-order valence-electron chi connectivity index (χ1n) is 11.4. The van der Waals surface area contributed by atoms with Crippen LogP contribution in [0.2, 0.25) is 0 Å². The molecule has 0 saturated carbocycles. The second kappa shape index (κ2) is 8.19. The van der Waals surface area contributed by atoms with Gasteiger partial charge in [-0.2, -0.15) is 0 Å². The lowest BCUT2D eigenvalue weighted by Gasteiger charge is -2.16. The molecule has 0 aliphatic carbocycles. The third-order valence-corrected chi connectivity index (χ3v) is 6.31. The lowest BCUT2D eigenvalue weighted by atomic mass is 10.0. The van der Waals surface area contributed by atoms with Gasteiger partial charge < -0.3 is 25.5 Å². The van der Waals surface area contributed by atoms with E-state index >= 15 is 4.39 Å². The molecule has 5 aromatic rings. The number of halogens is 1. The van der Waals surface area contributed by atoms with Gasteiger partial charge in [0.2, 0.25) is 0 Å². The molecule has 0 fully saturated rings. The van der Waals surface area contributed by atoms with Crippen LogP contribution in [-0.2, 0) is 6.42 Å². The number of hydrogen-bond acceptors (Lipinski definition) is 8. The maximum atomic E-state index is 15.3. The third-order valence-electron chi connectivity index (χ3n) is 6.31. The Morgan fingerprint density at radius 3 is 2.72 bits per heavy atom. The van der Waals surface area contributed by atoms with E-state index in [2.05, 4.69) is 19.9 Å². The zero-order chi connectivity index (χ0) is 25.0. The van der Waals surface area contributed by atoms with E-state index in [1.807, 2.05) is 23.6 Å². The summed E-state index contributed by atoms with van der Waals surface area (Å²) in [6.45, 7) is 4.29. The van der Waals surface area contributed by atoms with Crippen molar-refractivity contribution >= 4 is 22.5 Å². The Labute approximate surface area is 205 Å². The Hall–Kier alpha value is -4.73. The molecule has 0 saturated heterocycles. The van der Waals surface area contributed by atoms with E-state index < -0.39 is 5.82 Å². The van der Waals surface area contributed by atoms with Crippen LogP contribution >= 0.6 is 0 Å². The zero-order valence-electron chi connectivity index (χ0n) is 19.6. The van der Waals surface area contributed by atoms with Gasteiger partial charge in [0.25, 0.3) is 0 Å². The highest BCUT2D eigenvalue weighted by molar-refractivity contribution is 5.97. The number of nitrogens with zero attached hydrogens (tertiary/aromatic N) is 5. The Balaban J connectivity index is 1.56. The van der Waals surface area contributed by atoms with Crippen LogP contribution in [0.4, 0.5) is 15.9 Å². The van der Waals surface area contributed by atoms with Gasteiger partial charge in [-0.25, -0.2) is 24.3 Å². The quantitative estimate of drug-likeness (QED) is 0.357. The summed E-state index contributed by atoms with van der Waals surface area (Å²) in [4.78, 5) is 16.9. The maximum Gasteiger partial charge on any atom is 0.322 e. The van der Waals surface area contributed by atoms with Crippen LogP contribution in [-0.4, -0.2) is 31.1 Å². The number of aromatic nitrogens is 5. The topological polar surface area (TPSA) is 127 Å². The number of aryl methyl sites for hydroxylation is 2. The number of anilines is 2. The van der Waals surface area contributed by atoms with Crippen molar-refractivity contribution in [2.75, 3.05) is 18.1 Å². The second-order valence-corrected chi connectivity index (χ2v) is 8.57. The molecule has 0 spiro atoms. The fourth-order valence-electron chi connectivity index (χ4n) is 4.65. The van der Waals surface area contributed by atoms with Crippen molar-refractivity contribution in [3.05, 3.63) is 71.6 Å². The summed E-state index contributed by atoms with van der Waals surface area (Å²) in [5.74, 6) is 0.402. The van der Waals surface area contributed by atoms with Gasteiger partial charge >= 0.3 is 6.01 Å². The molecule has 1 aliphatic heterocycles. The number of nitrogens with two attached hydrogens (primary N) is 2. The van der Waals surface area contributed by atoms with Crippen LogP contribution in [0.5, 0.6) is 17.5 Å². The first-order valence-corrected chi connectivity index (χ1v) is 11.4. The molecule has 9 nitrogen and oxygen atoms in total. The Bertz CT molecular complexity index is 1660. The van der Waals surface area contributed by atoms with E-state index in [0.717, 1.165) is 28.8 Å². The average Bonchev–Trinajstić information content (AvgIpc) is 3.46. The smallest absolute Gasteiger partial charge is 0.322 e. The van der Waals surface area contributed by atoms with Gasteiger partial charge in [-0.15, -0.1) is 0 Å². The van der Waals surface area contributed by atoms with E-state index in [1.165, 1.54) is 18.5 Å². The Morgan fingerprint density at radius 1 is 1.06 bits per heavy atom. The van der Waals surface area contributed by atoms with Crippen LogP contribution < -0.4 is 20.9 Å². The van der Waals surface area contributed by atoms with Gasteiger partial charge in [0, 0.05) is 52.4 Å². The molecule has 6 rings (SSSR count). The lowest BCUT2D eigenvalue weighted by Crippen LogP contribution is -2.03. The highest BCUT2D eigenvalue weighted by atomic mass is 19.1. The standard InChI is InChI=1S/C26H22FN7O2/c1-13-7-9-30-26(33-13)36-20-6-3-15(11-18(20)27)34-22(14(2)21-23(34)25(29)32-12-31-21)17-4-5-19(28)16-8-10-35-24(16)17/h3-7,9,11-12H,8,10,28H2,1-2H3,(H2,29,31,32). The Kier molecular flexibility index (Phi) is 4.96. The van der Waals surface area contributed by atoms with E-state index in [0.29, 0.717) is 40.5 Å². The van der Waals surface area contributed by atoms with Crippen molar-refractivity contribution in [1.29, 1.82) is 0 Å². The molecule has 180 valence electrons. The zero-order valence-corrected chi connectivity index (χ0v) is 19.6. The number of ether oxygens (including phenoxy) is 2. The number of rotatable bonds is 4. The highest BCUT2D eigenvalue weighted by Gasteiger charge is 2.27. The van der Waals surface area contributed by atoms with Gasteiger partial charge in [0.15, 0.2) is 17.4 Å². The molecule has 0 unspecified atom stereocenters. The second-order valence-electron chi connectivity index (χ2n) is 8.57. The minimum Gasteiger partial charge on any atom is -0.492 e. The number of benzene rings is 2. The molecule has 10 heteroatoms. The molecule has 2 aromatic carbocycles. The number of fused-ring (bicyclic) bond motifs is 2. The first-order chi connectivity index (χ1) is 17.4. The molecular formula is C26H22FN7O2. The van der Waals surface area contributed by atoms with Crippen molar-refractivity contribution in [2.24, 2.45) is 0 Å². The van der Waals surface area contributed by atoms with Gasteiger partial charge in [0.05, 0.1) is 17.8 Å². The molecule has 0 atom stereocenters. The average molecular weight is 484 g/mol. The summed E-state index contributed by atoms with van der Waals surface area (Å²) in [7, 11) is 0. The summed E-state index contributed by atoms with van der Waals surface area (Å²) in [6.07, 6.45) is 3.70. The predicted molar refractivity (Wildman–Crippen MR) is 134 cm³/mol. The summed E-state index contributed by atoms with van der Waals surface area (Å²) in [5, 5.41) is 0. The van der Waals surface area contributed by atoms with Crippen molar-refractivity contribution in [3.63, 3.8) is 0 Å². The van der Waals surface area contributed by atoms with E-state index in [1.54, 1.807) is 25.3 Å². The number of hydrogen-bond donors (Lipinski definition) is 2. The summed E-state index contributed by atoms with van der Waals surface area (Å²) in [6, 6.07) is 10.2. The monoisotopic (exact) mass is 483 g/mol. The molecule has 0 amide bonds. The van der Waals surface area contributed by atoms with Crippen LogP contribution in [0, 0.1) is 19.7 Å². The molecule has 1 aliphatic rings. The number of nitrogen functional groups attached to an aromatic ring is 2. The first kappa shape index (κ1) is 21.8. The summed E-state index contributed by atoms with van der Waals surface area (Å²) >= 11 is 0. The highest BCUT2D eigenvalue weighted by Crippen LogP contribution is 2.45. The molecule has 4 heterocycles. The third kappa shape index (κ3) is 3.37. The fraction of sp³-hybridized carbons (Fsp3) is 0.154. The molecule has 36 heavy (non-hydrogen) atoms. The summed E-state index contributed by atoms with van der Waals surface area (Å²) < 4.78 is 28.8. The van der Waals surface area contributed by atoms with Crippen molar-refractivity contribution in [3.8, 4) is 34.5 Å². The van der Waals surface area contributed by atoms with Gasteiger partial charge in [-0.3, -0.25) is 0 Å². The van der Waals surface area contributed by atoms with E-state index in [9.17, 15) is 0 Å². The lowest BCUT2D eigenvalue weighted by molar-refractivity contribution is 0.358. The minimum absolute atomic E-state index is 0.0000141. The van der Waals surface area contributed by atoms with E-state index in [-0.39, 0.29) is 17.6 Å². The molecular weight excluding hydrogens is 461 g/mol. The Morgan fingerprint density at radius 2 is 1.92 bits per heavy atom. The molecule has 0 bridgehead atoms. The fourth-order valence-corrected chi connectivity index (χ4v) is 4.65. The molecule has 0 radical (unpaired) electrons. The largest absolute Gasteiger partial charge is 0.492 e. The predicted octanol–water partition coefficient (Wildman–Crippen LogP) is 4.53.